The Hall–Kier alpha value is -3.73. The predicted octanol–water partition coefficient (Wildman–Crippen LogP) is 4.22. The van der Waals surface area contributed by atoms with Crippen molar-refractivity contribution < 1.29 is 4.79 Å². The molecule has 0 spiro atoms. The second kappa shape index (κ2) is 6.71. The molecular weight excluding hydrogens is 360 g/mol. The lowest BCUT2D eigenvalue weighted by Crippen LogP contribution is -2.27. The molecule has 1 aliphatic rings. The molecule has 2 N–H and O–H groups in total. The van der Waals surface area contributed by atoms with E-state index in [2.05, 4.69) is 29.0 Å². The van der Waals surface area contributed by atoms with E-state index in [1.165, 1.54) is 11.1 Å². The van der Waals surface area contributed by atoms with Gasteiger partial charge in [0.2, 0.25) is 5.95 Å². The first-order chi connectivity index (χ1) is 14.1. The van der Waals surface area contributed by atoms with Crippen LogP contribution in [-0.4, -0.2) is 20.8 Å². The maximum atomic E-state index is 13.4. The van der Waals surface area contributed by atoms with Crippen molar-refractivity contribution in [3.05, 3.63) is 96.0 Å². The van der Waals surface area contributed by atoms with Crippen molar-refractivity contribution in [2.45, 2.75) is 13.1 Å². The van der Waals surface area contributed by atoms with Crippen LogP contribution in [0, 0.1) is 6.92 Å². The Morgan fingerprint density at radius 2 is 1.62 bits per heavy atom. The molecule has 0 saturated heterocycles. The first kappa shape index (κ1) is 17.4. The number of aromatic nitrogens is 2. The first-order valence-corrected chi connectivity index (χ1v) is 9.45. The molecule has 29 heavy (non-hydrogen) atoms. The number of anilines is 1. The van der Waals surface area contributed by atoms with Gasteiger partial charge in [0.1, 0.15) is 5.69 Å². The lowest BCUT2D eigenvalue weighted by atomic mass is 9.98. The molecule has 1 aliphatic heterocycles. The number of benzene rings is 3. The van der Waals surface area contributed by atoms with Gasteiger partial charge in [-0.15, -0.1) is 0 Å². The second-order valence-corrected chi connectivity index (χ2v) is 7.25. The van der Waals surface area contributed by atoms with Crippen molar-refractivity contribution in [2.75, 3.05) is 5.73 Å². The van der Waals surface area contributed by atoms with Crippen molar-refractivity contribution in [1.82, 2.24) is 14.9 Å². The van der Waals surface area contributed by atoms with E-state index < -0.39 is 0 Å². The smallest absolute Gasteiger partial charge is 0.273 e. The van der Waals surface area contributed by atoms with Crippen LogP contribution in [0.25, 0.3) is 22.0 Å². The number of nitrogens with two attached hydrogens (primary N) is 1. The topological polar surface area (TPSA) is 72.1 Å². The molecule has 0 saturated carbocycles. The SMILES string of the molecule is [CH2]c1ccccc1-c1ccc2nc(N)nc(C(=O)N3Cc4ccccc4C3)c2c1. The van der Waals surface area contributed by atoms with Crippen LogP contribution in [0.3, 0.4) is 0 Å². The Bertz CT molecular complexity index is 1240. The summed E-state index contributed by atoms with van der Waals surface area (Å²) in [5, 5.41) is 0.695. The number of hydrogen-bond acceptors (Lipinski definition) is 4. The molecule has 1 aromatic heterocycles. The average Bonchev–Trinajstić information content (AvgIpc) is 3.17. The number of amides is 1. The largest absolute Gasteiger partial charge is 0.368 e. The van der Waals surface area contributed by atoms with Gasteiger partial charge in [0.15, 0.2) is 0 Å². The van der Waals surface area contributed by atoms with Crippen molar-refractivity contribution in [1.29, 1.82) is 0 Å². The molecule has 0 unspecified atom stereocenters. The van der Waals surface area contributed by atoms with E-state index in [0.717, 1.165) is 16.7 Å². The van der Waals surface area contributed by atoms with E-state index in [1.54, 1.807) is 4.90 Å². The van der Waals surface area contributed by atoms with Crippen molar-refractivity contribution in [3.8, 4) is 11.1 Å². The van der Waals surface area contributed by atoms with Gasteiger partial charge in [-0.05, 0) is 46.9 Å². The fourth-order valence-electron chi connectivity index (χ4n) is 3.91. The first-order valence-electron chi connectivity index (χ1n) is 9.45. The minimum absolute atomic E-state index is 0.0999. The molecule has 0 aliphatic carbocycles. The van der Waals surface area contributed by atoms with E-state index >= 15 is 0 Å². The highest BCUT2D eigenvalue weighted by Gasteiger charge is 2.26. The van der Waals surface area contributed by atoms with Gasteiger partial charge in [0.05, 0.1) is 5.52 Å². The van der Waals surface area contributed by atoms with Crippen LogP contribution in [0.4, 0.5) is 5.95 Å². The molecule has 0 bridgehead atoms. The average molecular weight is 379 g/mol. The van der Waals surface area contributed by atoms with Crippen molar-refractivity contribution >= 4 is 22.8 Å². The van der Waals surface area contributed by atoms with Gasteiger partial charge >= 0.3 is 0 Å². The lowest BCUT2D eigenvalue weighted by molar-refractivity contribution is 0.0747. The van der Waals surface area contributed by atoms with E-state index in [1.807, 2.05) is 54.6 Å². The van der Waals surface area contributed by atoms with Crippen LogP contribution in [-0.2, 0) is 13.1 Å². The summed E-state index contributed by atoms with van der Waals surface area (Å²) in [5.41, 5.74) is 12.1. The summed E-state index contributed by atoms with van der Waals surface area (Å²) < 4.78 is 0. The molecule has 5 heteroatoms. The van der Waals surface area contributed by atoms with Crippen LogP contribution in [0.5, 0.6) is 0 Å². The molecular formula is C24H19N4O. The highest BCUT2D eigenvalue weighted by molar-refractivity contribution is 6.06. The molecule has 3 aromatic carbocycles. The van der Waals surface area contributed by atoms with E-state index in [9.17, 15) is 4.79 Å². The van der Waals surface area contributed by atoms with Crippen LogP contribution >= 0.6 is 0 Å². The van der Waals surface area contributed by atoms with Crippen LogP contribution < -0.4 is 5.73 Å². The van der Waals surface area contributed by atoms with Crippen LogP contribution in [0.15, 0.2) is 66.7 Å². The number of carbonyl (C=O) groups excluding carboxylic acids is 1. The third kappa shape index (κ3) is 3.01. The highest BCUT2D eigenvalue weighted by atomic mass is 16.2. The Morgan fingerprint density at radius 3 is 2.34 bits per heavy atom. The summed E-state index contributed by atoms with van der Waals surface area (Å²) in [6, 6.07) is 21.8. The quantitative estimate of drug-likeness (QED) is 0.566. The summed E-state index contributed by atoms with van der Waals surface area (Å²) in [6.45, 7) is 5.25. The molecule has 0 fully saturated rings. The third-order valence-corrected chi connectivity index (χ3v) is 5.37. The zero-order chi connectivity index (χ0) is 20.0. The fourth-order valence-corrected chi connectivity index (χ4v) is 3.91. The van der Waals surface area contributed by atoms with Crippen molar-refractivity contribution in [3.63, 3.8) is 0 Å². The minimum Gasteiger partial charge on any atom is -0.368 e. The molecule has 2 heterocycles. The predicted molar refractivity (Wildman–Crippen MR) is 114 cm³/mol. The van der Waals surface area contributed by atoms with Crippen molar-refractivity contribution in [2.24, 2.45) is 0 Å². The maximum absolute atomic E-state index is 13.4. The molecule has 5 nitrogen and oxygen atoms in total. The van der Waals surface area contributed by atoms with Gasteiger partial charge in [-0.25, -0.2) is 9.97 Å². The number of carbonyl (C=O) groups is 1. The molecule has 5 rings (SSSR count). The van der Waals surface area contributed by atoms with Gasteiger partial charge in [-0.3, -0.25) is 4.79 Å². The number of nitrogen functional groups attached to an aromatic ring is 1. The molecule has 4 aromatic rings. The van der Waals surface area contributed by atoms with Crippen LogP contribution in [0.2, 0.25) is 0 Å². The minimum atomic E-state index is -0.139. The normalized spacial score (nSPS) is 12.9. The molecule has 1 amide bonds. The Morgan fingerprint density at radius 1 is 0.931 bits per heavy atom. The Kier molecular flexibility index (Phi) is 4.02. The van der Waals surface area contributed by atoms with Gasteiger partial charge < -0.3 is 10.6 Å². The maximum Gasteiger partial charge on any atom is 0.273 e. The summed E-state index contributed by atoms with van der Waals surface area (Å²) in [5.74, 6) is -0.0387. The summed E-state index contributed by atoms with van der Waals surface area (Å²) in [6.07, 6.45) is 0. The summed E-state index contributed by atoms with van der Waals surface area (Å²) in [7, 11) is 0. The zero-order valence-electron chi connectivity index (χ0n) is 15.8. The van der Waals surface area contributed by atoms with Gasteiger partial charge in [-0.2, -0.15) is 0 Å². The highest BCUT2D eigenvalue weighted by Crippen LogP contribution is 2.30. The lowest BCUT2D eigenvalue weighted by Gasteiger charge is -2.17. The van der Waals surface area contributed by atoms with E-state index in [4.69, 9.17) is 5.73 Å². The number of rotatable bonds is 2. The van der Waals surface area contributed by atoms with Crippen LogP contribution in [0.1, 0.15) is 27.2 Å². The second-order valence-electron chi connectivity index (χ2n) is 7.25. The van der Waals surface area contributed by atoms with Gasteiger partial charge in [0, 0.05) is 18.5 Å². The molecule has 1 radical (unpaired) electrons. The fraction of sp³-hybridized carbons (Fsp3) is 0.0833. The third-order valence-electron chi connectivity index (χ3n) is 5.37. The Balaban J connectivity index is 1.61. The van der Waals surface area contributed by atoms with Gasteiger partial charge in [-0.1, -0.05) is 54.6 Å². The number of hydrogen-bond donors (Lipinski definition) is 1. The van der Waals surface area contributed by atoms with E-state index in [-0.39, 0.29) is 11.9 Å². The molecule has 141 valence electrons. The Labute approximate surface area is 168 Å². The standard InChI is InChI=1S/C24H19N4O/c1-15-6-2-5-9-19(15)16-10-11-21-20(12-16)22(27-24(25)26-21)23(29)28-13-17-7-3-4-8-18(17)14-28/h2-12H,1,13-14H2,(H2,25,26,27). The zero-order valence-corrected chi connectivity index (χ0v) is 15.8. The monoisotopic (exact) mass is 379 g/mol. The van der Waals surface area contributed by atoms with Gasteiger partial charge in [0.25, 0.3) is 5.91 Å². The summed E-state index contributed by atoms with van der Waals surface area (Å²) in [4.78, 5) is 23.8. The molecule has 0 atom stereocenters. The number of fused-ring (bicyclic) bond motifs is 2. The van der Waals surface area contributed by atoms with E-state index in [0.29, 0.717) is 29.7 Å². The summed E-state index contributed by atoms with van der Waals surface area (Å²) >= 11 is 0. The number of nitrogens with zero attached hydrogens (tertiary/aromatic N) is 3.